The maximum absolute atomic E-state index is 12.2. The molecular formula is C14H13F2N3O4. The van der Waals surface area contributed by atoms with E-state index in [0.717, 1.165) is 4.68 Å². The first-order chi connectivity index (χ1) is 10.9. The zero-order valence-corrected chi connectivity index (χ0v) is 11.9. The van der Waals surface area contributed by atoms with Crippen molar-refractivity contribution in [3.63, 3.8) is 0 Å². The van der Waals surface area contributed by atoms with Gasteiger partial charge in [0.25, 0.3) is 5.91 Å². The van der Waals surface area contributed by atoms with Crippen molar-refractivity contribution in [3.8, 4) is 5.75 Å². The van der Waals surface area contributed by atoms with Crippen LogP contribution in [0.3, 0.4) is 0 Å². The molecule has 7 nitrogen and oxygen atoms in total. The zero-order chi connectivity index (χ0) is 17.0. The average molecular weight is 325 g/mol. The lowest BCUT2D eigenvalue weighted by Gasteiger charge is -2.12. The molecule has 1 heterocycles. The van der Waals surface area contributed by atoms with Crippen LogP contribution in [0.1, 0.15) is 23.5 Å². The summed E-state index contributed by atoms with van der Waals surface area (Å²) in [7, 11) is 0. The van der Waals surface area contributed by atoms with Gasteiger partial charge in [-0.3, -0.25) is 4.79 Å². The first-order valence-electron chi connectivity index (χ1n) is 6.51. The zero-order valence-electron chi connectivity index (χ0n) is 11.9. The molecule has 9 heteroatoms. The van der Waals surface area contributed by atoms with Crippen LogP contribution in [0.2, 0.25) is 0 Å². The Kier molecular flexibility index (Phi) is 4.89. The van der Waals surface area contributed by atoms with E-state index in [2.05, 4.69) is 15.2 Å². The fourth-order valence-corrected chi connectivity index (χ4v) is 1.82. The molecule has 1 amide bonds. The summed E-state index contributed by atoms with van der Waals surface area (Å²) < 4.78 is 29.4. The second-order valence-electron chi connectivity index (χ2n) is 4.53. The van der Waals surface area contributed by atoms with Crippen molar-refractivity contribution in [2.45, 2.75) is 19.6 Å². The van der Waals surface area contributed by atoms with Crippen molar-refractivity contribution >= 4 is 17.6 Å². The normalized spacial score (nSPS) is 12.0. The van der Waals surface area contributed by atoms with Crippen LogP contribution in [0.25, 0.3) is 0 Å². The van der Waals surface area contributed by atoms with E-state index in [-0.39, 0.29) is 11.4 Å². The second kappa shape index (κ2) is 6.86. The molecule has 0 spiro atoms. The molecule has 23 heavy (non-hydrogen) atoms. The summed E-state index contributed by atoms with van der Waals surface area (Å²) in [6, 6.07) is 5.70. The number of ether oxygens (including phenoxy) is 1. The van der Waals surface area contributed by atoms with Gasteiger partial charge in [-0.05, 0) is 37.3 Å². The Morgan fingerprint density at radius 1 is 1.26 bits per heavy atom. The number of benzene rings is 1. The predicted octanol–water partition coefficient (Wildman–Crippen LogP) is 2.38. The van der Waals surface area contributed by atoms with Crippen LogP contribution in [0, 0.1) is 0 Å². The molecule has 0 saturated carbocycles. The van der Waals surface area contributed by atoms with Crippen LogP contribution in [0.5, 0.6) is 5.75 Å². The molecule has 0 saturated heterocycles. The predicted molar refractivity (Wildman–Crippen MR) is 75.6 cm³/mol. The Labute approximate surface area is 129 Å². The van der Waals surface area contributed by atoms with Gasteiger partial charge in [-0.25, -0.2) is 9.48 Å². The van der Waals surface area contributed by atoms with Crippen molar-refractivity contribution in [3.05, 3.63) is 42.2 Å². The molecule has 1 aromatic carbocycles. The molecule has 2 N–H and O–H groups in total. The fourth-order valence-electron chi connectivity index (χ4n) is 1.82. The number of aromatic nitrogens is 2. The number of carboxylic acid groups (broad SMARTS) is 1. The van der Waals surface area contributed by atoms with Crippen molar-refractivity contribution in [1.29, 1.82) is 0 Å². The Morgan fingerprint density at radius 3 is 2.48 bits per heavy atom. The van der Waals surface area contributed by atoms with Crippen molar-refractivity contribution in [2.24, 2.45) is 0 Å². The summed E-state index contributed by atoms with van der Waals surface area (Å²) in [6.45, 7) is -1.54. The number of halogens is 2. The monoisotopic (exact) mass is 325 g/mol. The number of rotatable bonds is 6. The number of nitrogens with one attached hydrogen (secondary N) is 1. The first-order valence-corrected chi connectivity index (χ1v) is 6.51. The molecule has 122 valence electrons. The van der Waals surface area contributed by atoms with E-state index in [0.29, 0.717) is 5.69 Å². The van der Waals surface area contributed by atoms with Crippen LogP contribution < -0.4 is 10.1 Å². The van der Waals surface area contributed by atoms with E-state index in [4.69, 9.17) is 5.11 Å². The molecule has 1 unspecified atom stereocenters. The molecule has 1 aromatic heterocycles. The molecule has 2 rings (SSSR count). The van der Waals surface area contributed by atoms with Crippen LogP contribution in [-0.2, 0) is 4.79 Å². The number of alkyl halides is 2. The third-order valence-corrected chi connectivity index (χ3v) is 2.96. The number of carbonyl (C=O) groups is 2. The number of hydrogen-bond donors (Lipinski definition) is 2. The maximum Gasteiger partial charge on any atom is 0.387 e. The lowest BCUT2D eigenvalue weighted by Crippen LogP contribution is -2.24. The van der Waals surface area contributed by atoms with E-state index >= 15 is 0 Å². The summed E-state index contributed by atoms with van der Waals surface area (Å²) in [5.41, 5.74) is 0.403. The van der Waals surface area contributed by atoms with E-state index < -0.39 is 24.5 Å². The Balaban J connectivity index is 2.11. The maximum atomic E-state index is 12.2. The van der Waals surface area contributed by atoms with E-state index in [9.17, 15) is 18.4 Å². The molecule has 0 fully saturated rings. The number of aliphatic carboxylic acids is 1. The van der Waals surface area contributed by atoms with Gasteiger partial charge in [-0.2, -0.15) is 13.9 Å². The number of carbonyl (C=O) groups excluding carboxylic acids is 1. The highest BCUT2D eigenvalue weighted by atomic mass is 19.3. The van der Waals surface area contributed by atoms with Crippen LogP contribution in [0.15, 0.2) is 36.5 Å². The number of anilines is 1. The van der Waals surface area contributed by atoms with Crippen LogP contribution in [-0.4, -0.2) is 33.4 Å². The Morgan fingerprint density at radius 2 is 1.91 bits per heavy atom. The largest absolute Gasteiger partial charge is 0.480 e. The van der Waals surface area contributed by atoms with Gasteiger partial charge in [0.05, 0.1) is 0 Å². The van der Waals surface area contributed by atoms with Crippen molar-refractivity contribution in [1.82, 2.24) is 9.78 Å². The Bertz CT molecular complexity index is 700. The van der Waals surface area contributed by atoms with Gasteiger partial charge >= 0.3 is 12.6 Å². The molecule has 1 atom stereocenters. The number of hydrogen-bond acceptors (Lipinski definition) is 4. The van der Waals surface area contributed by atoms with Gasteiger partial charge in [-0.1, -0.05) is 0 Å². The number of nitrogens with zero attached hydrogens (tertiary/aromatic N) is 2. The van der Waals surface area contributed by atoms with Gasteiger partial charge in [0.2, 0.25) is 0 Å². The van der Waals surface area contributed by atoms with Gasteiger partial charge < -0.3 is 15.2 Å². The summed E-state index contributed by atoms with van der Waals surface area (Å²) >= 11 is 0. The average Bonchev–Trinajstić information content (AvgIpc) is 2.97. The van der Waals surface area contributed by atoms with E-state index in [1.54, 1.807) is 0 Å². The topological polar surface area (TPSA) is 93.5 Å². The van der Waals surface area contributed by atoms with Gasteiger partial charge in [0, 0.05) is 11.9 Å². The second-order valence-corrected chi connectivity index (χ2v) is 4.53. The van der Waals surface area contributed by atoms with E-state index in [1.807, 2.05) is 0 Å². The summed E-state index contributed by atoms with van der Waals surface area (Å²) in [4.78, 5) is 23.2. The number of carboxylic acids is 1. The molecule has 0 aliphatic rings. The van der Waals surface area contributed by atoms with Gasteiger partial charge in [-0.15, -0.1) is 0 Å². The van der Waals surface area contributed by atoms with Gasteiger partial charge in [0.1, 0.15) is 17.5 Å². The quantitative estimate of drug-likeness (QED) is 0.850. The minimum Gasteiger partial charge on any atom is -0.480 e. The molecule has 0 aliphatic carbocycles. The summed E-state index contributed by atoms with van der Waals surface area (Å²) in [5.74, 6) is -1.74. The summed E-state index contributed by atoms with van der Waals surface area (Å²) in [5, 5.41) is 15.3. The first kappa shape index (κ1) is 16.4. The smallest absolute Gasteiger partial charge is 0.387 e. The molecular weight excluding hydrogens is 312 g/mol. The highest BCUT2D eigenvalue weighted by Crippen LogP contribution is 2.19. The molecule has 0 radical (unpaired) electrons. The third-order valence-electron chi connectivity index (χ3n) is 2.96. The lowest BCUT2D eigenvalue weighted by atomic mass is 10.2. The highest BCUT2D eigenvalue weighted by molar-refractivity contribution is 6.03. The summed E-state index contributed by atoms with van der Waals surface area (Å²) in [6.07, 6.45) is 1.31. The van der Waals surface area contributed by atoms with E-state index in [1.165, 1.54) is 43.5 Å². The molecule has 0 bridgehead atoms. The standard InChI is InChI=1S/C14H13F2N3O4/c1-8(13(21)22)19-11(6-7-17-19)12(20)18-9-2-4-10(5-3-9)23-14(15)16/h2-8,14H,1H3,(H,18,20)(H,21,22). The fraction of sp³-hybridized carbons (Fsp3) is 0.214. The highest BCUT2D eigenvalue weighted by Gasteiger charge is 2.21. The molecule has 0 aliphatic heterocycles. The van der Waals surface area contributed by atoms with Crippen LogP contribution in [0.4, 0.5) is 14.5 Å². The molecule has 2 aromatic rings. The minimum absolute atomic E-state index is 0.0393. The Hall–Kier alpha value is -2.97. The van der Waals surface area contributed by atoms with Crippen molar-refractivity contribution < 1.29 is 28.2 Å². The third kappa shape index (κ3) is 4.02. The number of amides is 1. The van der Waals surface area contributed by atoms with Crippen LogP contribution >= 0.6 is 0 Å². The van der Waals surface area contributed by atoms with Crippen molar-refractivity contribution in [2.75, 3.05) is 5.32 Å². The lowest BCUT2D eigenvalue weighted by molar-refractivity contribution is -0.140. The minimum atomic E-state index is -2.93. The SMILES string of the molecule is CC(C(=O)O)n1nccc1C(=O)Nc1ccc(OC(F)F)cc1. The van der Waals surface area contributed by atoms with Gasteiger partial charge in [0.15, 0.2) is 0 Å².